The van der Waals surface area contributed by atoms with Gasteiger partial charge in [-0.3, -0.25) is 4.99 Å². The highest BCUT2D eigenvalue weighted by molar-refractivity contribution is 9.12. The van der Waals surface area contributed by atoms with Gasteiger partial charge in [0.2, 0.25) is 0 Å². The highest BCUT2D eigenvalue weighted by Gasteiger charge is 2.36. The van der Waals surface area contributed by atoms with Crippen molar-refractivity contribution >= 4 is 61.5 Å². The van der Waals surface area contributed by atoms with Crippen LogP contribution >= 0.6 is 31.9 Å². The van der Waals surface area contributed by atoms with Crippen LogP contribution in [0.4, 0.5) is 0 Å². The molecule has 26 heavy (non-hydrogen) atoms. The van der Waals surface area contributed by atoms with Crippen molar-refractivity contribution in [1.82, 2.24) is 9.97 Å². The zero-order chi connectivity index (χ0) is 17.7. The molecule has 0 amide bonds. The Kier molecular flexibility index (Phi) is 3.65. The lowest BCUT2D eigenvalue weighted by Crippen LogP contribution is -2.20. The Morgan fingerprint density at radius 2 is 1.69 bits per heavy atom. The average molecular weight is 470 g/mol. The van der Waals surface area contributed by atoms with Crippen molar-refractivity contribution in [3.63, 3.8) is 0 Å². The molecule has 0 fully saturated rings. The third-order valence-corrected chi connectivity index (χ3v) is 7.18. The fraction of sp³-hybridized carbons (Fsp3) is 0.100. The van der Waals surface area contributed by atoms with E-state index in [-0.39, 0.29) is 4.83 Å². The van der Waals surface area contributed by atoms with E-state index in [0.717, 1.165) is 39.2 Å². The average Bonchev–Trinajstić information content (AvgIpc) is 3.38. The van der Waals surface area contributed by atoms with Crippen molar-refractivity contribution in [3.8, 4) is 0 Å². The highest BCUT2D eigenvalue weighted by Crippen LogP contribution is 2.44. The maximum Gasteiger partial charge on any atom is 0.152 e. The second-order valence-electron chi connectivity index (χ2n) is 6.43. The van der Waals surface area contributed by atoms with Crippen molar-refractivity contribution in [3.05, 3.63) is 76.4 Å². The highest BCUT2D eigenvalue weighted by atomic mass is 79.9. The molecule has 5 heterocycles. The number of hydrogen-bond acceptors (Lipinski definition) is 2. The predicted molar refractivity (Wildman–Crippen MR) is 114 cm³/mol. The van der Waals surface area contributed by atoms with Crippen LogP contribution in [-0.2, 0) is 0 Å². The van der Waals surface area contributed by atoms with Crippen LogP contribution in [0, 0.1) is 0 Å². The number of H-pyrrole nitrogens is 2. The molecule has 3 aliphatic heterocycles. The molecule has 2 unspecified atom stereocenters. The fourth-order valence-electron chi connectivity index (χ4n) is 3.21. The normalized spacial score (nSPS) is 26.1. The molecular weight excluding hydrogens is 456 g/mol. The summed E-state index contributed by atoms with van der Waals surface area (Å²) >= 11 is 7.58. The lowest BCUT2D eigenvalue weighted by Gasteiger charge is -2.22. The Bertz CT molecular complexity index is 1170. The summed E-state index contributed by atoms with van der Waals surface area (Å²) in [6.07, 6.45) is 14.3. The lowest BCUT2D eigenvalue weighted by atomic mass is 10.1. The first-order chi connectivity index (χ1) is 12.6. The van der Waals surface area contributed by atoms with E-state index >= 15 is 0 Å². The number of allylic oxidation sites excluding steroid dienone is 3. The Balaban J connectivity index is 1.71. The van der Waals surface area contributed by atoms with E-state index in [9.17, 15) is 0 Å². The standard InChI is InChI=1S/C20H14Br2N4/c21-19-18-6-5-16(25-18)10-14-2-1-12(23-14)9-13-3-4-15(24-13)11-17-7-8-20(19,22)26-17/h1-11,19,24-25H. The number of rotatable bonds is 0. The summed E-state index contributed by atoms with van der Waals surface area (Å²) in [6.45, 7) is 0. The van der Waals surface area contributed by atoms with Crippen molar-refractivity contribution in [2.45, 2.75) is 9.28 Å². The molecule has 2 aromatic heterocycles. The van der Waals surface area contributed by atoms with Crippen LogP contribution in [0.25, 0.3) is 18.2 Å². The molecule has 2 aromatic rings. The maximum absolute atomic E-state index is 4.86. The Labute approximate surface area is 166 Å². The monoisotopic (exact) mass is 468 g/mol. The molecule has 128 valence electrons. The second kappa shape index (κ2) is 5.93. The third kappa shape index (κ3) is 2.83. The zero-order valence-corrected chi connectivity index (χ0v) is 16.8. The summed E-state index contributed by atoms with van der Waals surface area (Å²) < 4.78 is -0.523. The first-order valence-corrected chi connectivity index (χ1v) is 9.96. The fourth-order valence-corrected chi connectivity index (χ4v) is 4.31. The van der Waals surface area contributed by atoms with Crippen LogP contribution in [0.3, 0.4) is 0 Å². The number of alkyl halides is 2. The number of nitrogens with zero attached hydrogens (tertiary/aromatic N) is 2. The van der Waals surface area contributed by atoms with Gasteiger partial charge in [0.05, 0.1) is 21.9 Å². The van der Waals surface area contributed by atoms with Gasteiger partial charge >= 0.3 is 0 Å². The Morgan fingerprint density at radius 3 is 2.54 bits per heavy atom. The Morgan fingerprint density at radius 1 is 0.885 bits per heavy atom. The van der Waals surface area contributed by atoms with E-state index in [1.54, 1.807) is 0 Å². The van der Waals surface area contributed by atoms with Crippen LogP contribution in [-0.4, -0.2) is 25.8 Å². The van der Waals surface area contributed by atoms with Crippen LogP contribution in [0.15, 0.2) is 64.3 Å². The molecule has 5 rings (SSSR count). The second-order valence-corrected chi connectivity index (χ2v) is 8.61. The summed E-state index contributed by atoms with van der Waals surface area (Å²) in [5, 5.41) is 2.02. The van der Waals surface area contributed by atoms with Gasteiger partial charge < -0.3 is 9.97 Å². The lowest BCUT2D eigenvalue weighted by molar-refractivity contribution is 0.753. The predicted octanol–water partition coefficient (Wildman–Crippen LogP) is 3.51. The van der Waals surface area contributed by atoms with Crippen LogP contribution in [0.2, 0.25) is 0 Å². The molecule has 8 bridgehead atoms. The van der Waals surface area contributed by atoms with Crippen molar-refractivity contribution < 1.29 is 0 Å². The smallest absolute Gasteiger partial charge is 0.152 e. The number of aromatic amines is 2. The number of hydrogen-bond donors (Lipinski definition) is 2. The van der Waals surface area contributed by atoms with Gasteiger partial charge in [0.1, 0.15) is 0 Å². The molecule has 6 heteroatoms. The molecule has 2 N–H and O–H groups in total. The van der Waals surface area contributed by atoms with Gasteiger partial charge in [-0.05, 0) is 66.8 Å². The number of aromatic nitrogens is 2. The van der Waals surface area contributed by atoms with Gasteiger partial charge in [-0.2, -0.15) is 0 Å². The Hall–Kier alpha value is -2.18. The first-order valence-electron chi connectivity index (χ1n) is 8.25. The van der Waals surface area contributed by atoms with E-state index < -0.39 is 4.45 Å². The van der Waals surface area contributed by atoms with Gasteiger partial charge in [-0.15, -0.1) is 0 Å². The number of fused-ring (bicyclic) bond motifs is 6. The summed E-state index contributed by atoms with van der Waals surface area (Å²) in [5.74, 6) is 0. The minimum Gasteiger partial charge on any atom is -0.358 e. The van der Waals surface area contributed by atoms with Crippen molar-refractivity contribution in [2.24, 2.45) is 9.98 Å². The van der Waals surface area contributed by atoms with Gasteiger partial charge in [0, 0.05) is 22.1 Å². The number of nitrogens with one attached hydrogen (secondary N) is 2. The topological polar surface area (TPSA) is 56.3 Å². The molecule has 0 aliphatic carbocycles. The van der Waals surface area contributed by atoms with Crippen LogP contribution < -0.4 is 10.7 Å². The molecule has 0 saturated carbocycles. The van der Waals surface area contributed by atoms with Gasteiger partial charge in [-0.25, -0.2) is 4.99 Å². The summed E-state index contributed by atoms with van der Waals surface area (Å²) in [4.78, 5) is 16.3. The minimum absolute atomic E-state index is 0.0251. The SMILES string of the molecule is BrC1c2ccc([nH]2)C=C2C=CC(=N2)C=c2ccc([nH]2)=CC2=NC1(Br)C=C2. The molecule has 0 spiro atoms. The summed E-state index contributed by atoms with van der Waals surface area (Å²) in [7, 11) is 0. The summed E-state index contributed by atoms with van der Waals surface area (Å²) in [6, 6.07) is 8.23. The molecular formula is C20H14Br2N4. The van der Waals surface area contributed by atoms with Gasteiger partial charge in [0.25, 0.3) is 0 Å². The van der Waals surface area contributed by atoms with Crippen LogP contribution in [0.1, 0.15) is 16.2 Å². The zero-order valence-electron chi connectivity index (χ0n) is 13.6. The number of aliphatic imine (C=N–C) groups is 2. The molecule has 0 radical (unpaired) electrons. The van der Waals surface area contributed by atoms with Gasteiger partial charge in [-0.1, -0.05) is 31.9 Å². The van der Waals surface area contributed by atoms with E-state index in [2.05, 4.69) is 65.0 Å². The molecule has 0 saturated heterocycles. The number of halogens is 2. The van der Waals surface area contributed by atoms with Gasteiger partial charge in [0.15, 0.2) is 4.45 Å². The minimum atomic E-state index is -0.523. The van der Waals surface area contributed by atoms with E-state index in [1.165, 1.54) is 0 Å². The third-order valence-electron chi connectivity index (χ3n) is 4.47. The van der Waals surface area contributed by atoms with E-state index in [4.69, 9.17) is 4.99 Å². The first kappa shape index (κ1) is 16.0. The van der Waals surface area contributed by atoms with Crippen LogP contribution in [0.5, 0.6) is 0 Å². The molecule has 0 aromatic carbocycles. The quantitative estimate of drug-likeness (QED) is 0.438. The molecule has 2 atom stereocenters. The van der Waals surface area contributed by atoms with Crippen molar-refractivity contribution in [2.75, 3.05) is 0 Å². The van der Waals surface area contributed by atoms with E-state index in [0.29, 0.717) is 0 Å². The largest absolute Gasteiger partial charge is 0.358 e. The molecule has 3 aliphatic rings. The van der Waals surface area contributed by atoms with Crippen molar-refractivity contribution in [1.29, 1.82) is 0 Å². The molecule has 4 nitrogen and oxygen atoms in total. The van der Waals surface area contributed by atoms with E-state index in [1.807, 2.05) is 48.6 Å². The maximum atomic E-state index is 4.86. The summed E-state index contributed by atoms with van der Waals surface area (Å²) in [5.41, 5.74) is 4.83.